The predicted octanol–water partition coefficient (Wildman–Crippen LogP) is 2.65. The lowest BCUT2D eigenvalue weighted by Crippen LogP contribution is -2.44. The summed E-state index contributed by atoms with van der Waals surface area (Å²) >= 11 is 0. The minimum absolute atomic E-state index is 0.546. The SMILES string of the molecule is FC(F)(F)c1ccc(N2CCC[C@H](CN3CCOCC3)C2)cn1. The number of ether oxygens (including phenoxy) is 1. The van der Waals surface area contributed by atoms with Gasteiger partial charge in [0, 0.05) is 32.7 Å². The number of halogens is 3. The Morgan fingerprint density at radius 3 is 2.61 bits per heavy atom. The molecule has 0 saturated carbocycles. The number of alkyl halides is 3. The van der Waals surface area contributed by atoms with Gasteiger partial charge in [-0.25, -0.2) is 4.98 Å². The molecule has 0 radical (unpaired) electrons. The van der Waals surface area contributed by atoms with Crippen molar-refractivity contribution in [2.75, 3.05) is 50.8 Å². The van der Waals surface area contributed by atoms with Crippen molar-refractivity contribution in [2.24, 2.45) is 5.92 Å². The van der Waals surface area contributed by atoms with Crippen molar-refractivity contribution < 1.29 is 17.9 Å². The fourth-order valence-corrected chi connectivity index (χ4v) is 3.34. The van der Waals surface area contributed by atoms with Crippen molar-refractivity contribution in [1.29, 1.82) is 0 Å². The molecule has 2 saturated heterocycles. The summed E-state index contributed by atoms with van der Waals surface area (Å²) in [5.74, 6) is 0.546. The van der Waals surface area contributed by atoms with Crippen molar-refractivity contribution in [2.45, 2.75) is 19.0 Å². The Bertz CT molecular complexity index is 500. The lowest BCUT2D eigenvalue weighted by molar-refractivity contribution is -0.141. The second-order valence-corrected chi connectivity index (χ2v) is 6.27. The highest BCUT2D eigenvalue weighted by atomic mass is 19.4. The molecule has 23 heavy (non-hydrogen) atoms. The van der Waals surface area contributed by atoms with Crippen LogP contribution < -0.4 is 4.90 Å². The van der Waals surface area contributed by atoms with Crippen LogP contribution in [0.5, 0.6) is 0 Å². The normalized spacial score (nSPS) is 24.0. The lowest BCUT2D eigenvalue weighted by atomic mass is 9.97. The molecule has 0 spiro atoms. The van der Waals surface area contributed by atoms with E-state index < -0.39 is 11.9 Å². The quantitative estimate of drug-likeness (QED) is 0.852. The van der Waals surface area contributed by atoms with Gasteiger partial charge in [-0.3, -0.25) is 4.90 Å². The molecule has 0 aliphatic carbocycles. The summed E-state index contributed by atoms with van der Waals surface area (Å²) in [6.07, 6.45) is -0.794. The molecule has 0 unspecified atom stereocenters. The average molecular weight is 329 g/mol. The number of rotatable bonds is 3. The third-order valence-electron chi connectivity index (χ3n) is 4.54. The maximum Gasteiger partial charge on any atom is 0.433 e. The van der Waals surface area contributed by atoms with E-state index >= 15 is 0 Å². The second kappa shape index (κ2) is 7.05. The zero-order valence-electron chi connectivity index (χ0n) is 13.1. The topological polar surface area (TPSA) is 28.6 Å². The van der Waals surface area contributed by atoms with Gasteiger partial charge in [0.2, 0.25) is 0 Å². The maximum atomic E-state index is 12.6. The highest BCUT2D eigenvalue weighted by Gasteiger charge is 2.32. The Kier molecular flexibility index (Phi) is 5.06. The third kappa shape index (κ3) is 4.35. The van der Waals surface area contributed by atoms with Crippen molar-refractivity contribution >= 4 is 5.69 Å². The summed E-state index contributed by atoms with van der Waals surface area (Å²) in [4.78, 5) is 8.15. The van der Waals surface area contributed by atoms with Crippen molar-refractivity contribution in [3.8, 4) is 0 Å². The van der Waals surface area contributed by atoms with Crippen LogP contribution in [0.15, 0.2) is 18.3 Å². The van der Waals surface area contributed by atoms with Crippen LogP contribution in [0.2, 0.25) is 0 Å². The van der Waals surface area contributed by atoms with Gasteiger partial charge in [-0.05, 0) is 30.9 Å². The minimum atomic E-state index is -4.38. The zero-order valence-corrected chi connectivity index (χ0v) is 13.1. The number of nitrogens with zero attached hydrogens (tertiary/aromatic N) is 3. The summed E-state index contributed by atoms with van der Waals surface area (Å²) in [5, 5.41) is 0. The number of hydrogen-bond donors (Lipinski definition) is 0. The summed E-state index contributed by atoms with van der Waals surface area (Å²) in [7, 11) is 0. The van der Waals surface area contributed by atoms with Gasteiger partial charge in [0.25, 0.3) is 0 Å². The van der Waals surface area contributed by atoms with Gasteiger partial charge in [0.05, 0.1) is 25.1 Å². The van der Waals surface area contributed by atoms with Gasteiger partial charge in [-0.2, -0.15) is 13.2 Å². The third-order valence-corrected chi connectivity index (χ3v) is 4.54. The number of morpholine rings is 1. The van der Waals surface area contributed by atoms with Crippen molar-refractivity contribution in [3.05, 3.63) is 24.0 Å². The molecule has 1 aromatic rings. The molecule has 2 aliphatic heterocycles. The molecule has 4 nitrogen and oxygen atoms in total. The van der Waals surface area contributed by atoms with Crippen molar-refractivity contribution in [3.63, 3.8) is 0 Å². The molecule has 3 rings (SSSR count). The number of anilines is 1. The van der Waals surface area contributed by atoms with Crippen LogP contribution in [0, 0.1) is 5.92 Å². The largest absolute Gasteiger partial charge is 0.433 e. The van der Waals surface area contributed by atoms with E-state index in [4.69, 9.17) is 4.74 Å². The van der Waals surface area contributed by atoms with Crippen LogP contribution >= 0.6 is 0 Å². The fraction of sp³-hybridized carbons (Fsp3) is 0.688. The molecule has 2 fully saturated rings. The van der Waals surface area contributed by atoms with Crippen LogP contribution in [-0.4, -0.2) is 55.8 Å². The molecule has 3 heterocycles. The number of piperidine rings is 1. The first kappa shape index (κ1) is 16.5. The van der Waals surface area contributed by atoms with E-state index in [0.29, 0.717) is 5.92 Å². The number of aromatic nitrogens is 1. The molecule has 0 N–H and O–H groups in total. The highest BCUT2D eigenvalue weighted by Crippen LogP contribution is 2.29. The zero-order chi connectivity index (χ0) is 16.3. The summed E-state index contributed by atoms with van der Waals surface area (Å²) < 4.78 is 43.1. The Labute approximate surface area is 134 Å². The summed E-state index contributed by atoms with van der Waals surface area (Å²) in [6, 6.07) is 2.61. The van der Waals surface area contributed by atoms with Crippen molar-refractivity contribution in [1.82, 2.24) is 9.88 Å². The van der Waals surface area contributed by atoms with Gasteiger partial charge in [0.15, 0.2) is 0 Å². The summed E-state index contributed by atoms with van der Waals surface area (Å²) in [5.41, 5.74) is -0.0483. The Balaban J connectivity index is 1.59. The lowest BCUT2D eigenvalue weighted by Gasteiger charge is -2.37. The fourth-order valence-electron chi connectivity index (χ4n) is 3.34. The van der Waals surface area contributed by atoms with Crippen LogP contribution in [0.3, 0.4) is 0 Å². The second-order valence-electron chi connectivity index (χ2n) is 6.27. The van der Waals surface area contributed by atoms with E-state index in [1.165, 1.54) is 18.7 Å². The smallest absolute Gasteiger partial charge is 0.379 e. The first-order valence-electron chi connectivity index (χ1n) is 8.10. The molecule has 2 aliphatic rings. The minimum Gasteiger partial charge on any atom is -0.379 e. The van der Waals surface area contributed by atoms with E-state index in [2.05, 4.69) is 14.8 Å². The maximum absolute atomic E-state index is 12.6. The van der Waals surface area contributed by atoms with Crippen LogP contribution in [0.1, 0.15) is 18.5 Å². The molecule has 128 valence electrons. The molecule has 0 amide bonds. The first-order valence-corrected chi connectivity index (χ1v) is 8.10. The number of hydrogen-bond acceptors (Lipinski definition) is 4. The standard InChI is InChI=1S/C16H22F3N3O/c17-16(18,19)15-4-3-14(10-20-15)22-5-1-2-13(12-22)11-21-6-8-23-9-7-21/h3-4,10,13H,1-2,5-9,11-12H2/t13-/m1/s1. The Hall–Kier alpha value is -1.34. The summed E-state index contributed by atoms with van der Waals surface area (Å²) in [6.45, 7) is 6.32. The van der Waals surface area contributed by atoms with Gasteiger partial charge in [0.1, 0.15) is 5.69 Å². The van der Waals surface area contributed by atoms with Gasteiger partial charge >= 0.3 is 6.18 Å². The predicted molar refractivity (Wildman–Crippen MR) is 81.4 cm³/mol. The van der Waals surface area contributed by atoms with Crippen LogP contribution in [-0.2, 0) is 10.9 Å². The monoisotopic (exact) mass is 329 g/mol. The van der Waals surface area contributed by atoms with E-state index in [1.807, 2.05) is 0 Å². The Morgan fingerprint density at radius 2 is 1.96 bits per heavy atom. The van der Waals surface area contributed by atoms with E-state index in [9.17, 15) is 13.2 Å². The molecular weight excluding hydrogens is 307 g/mol. The molecule has 7 heteroatoms. The molecule has 0 aromatic carbocycles. The Morgan fingerprint density at radius 1 is 1.17 bits per heavy atom. The van der Waals surface area contributed by atoms with Gasteiger partial charge in [-0.1, -0.05) is 0 Å². The van der Waals surface area contributed by atoms with Gasteiger partial charge < -0.3 is 9.64 Å². The van der Waals surface area contributed by atoms with E-state index in [0.717, 1.165) is 64.1 Å². The number of pyridine rings is 1. The first-order chi connectivity index (χ1) is 11.0. The van der Waals surface area contributed by atoms with Crippen LogP contribution in [0.25, 0.3) is 0 Å². The average Bonchev–Trinajstić information content (AvgIpc) is 2.55. The molecule has 1 atom stereocenters. The van der Waals surface area contributed by atoms with Gasteiger partial charge in [-0.15, -0.1) is 0 Å². The molecular formula is C16H22F3N3O. The van der Waals surface area contributed by atoms with E-state index in [1.54, 1.807) is 0 Å². The molecule has 0 bridgehead atoms. The van der Waals surface area contributed by atoms with Crippen LogP contribution in [0.4, 0.5) is 18.9 Å². The van der Waals surface area contributed by atoms with E-state index in [-0.39, 0.29) is 0 Å². The highest BCUT2D eigenvalue weighted by molar-refractivity contribution is 5.45. The molecule has 1 aromatic heterocycles.